The molecule has 0 saturated heterocycles. The Bertz CT molecular complexity index is 749. The van der Waals surface area contributed by atoms with Crippen molar-refractivity contribution in [2.75, 3.05) is 0 Å². The van der Waals surface area contributed by atoms with Gasteiger partial charge in [0.25, 0.3) is 0 Å². The number of fused-ring (bicyclic) bond motifs is 2. The lowest BCUT2D eigenvalue weighted by Crippen LogP contribution is -1.95. The molecule has 0 aliphatic rings. The van der Waals surface area contributed by atoms with Crippen LogP contribution in [0.5, 0.6) is 5.75 Å². The van der Waals surface area contributed by atoms with Crippen molar-refractivity contribution in [1.82, 2.24) is 0 Å². The lowest BCUT2D eigenvalue weighted by Gasteiger charge is -2.00. The first-order valence-electron chi connectivity index (χ1n) is 4.80. The van der Waals surface area contributed by atoms with Gasteiger partial charge in [0.15, 0.2) is 5.75 Å². The molecule has 0 saturated carbocycles. The first-order chi connectivity index (χ1) is 7.66. The van der Waals surface area contributed by atoms with Crippen molar-refractivity contribution in [3.05, 3.63) is 40.4 Å². The quantitative estimate of drug-likeness (QED) is 0.586. The molecule has 1 aromatic carbocycles. The van der Waals surface area contributed by atoms with Gasteiger partial charge in [0.1, 0.15) is 17.4 Å². The highest BCUT2D eigenvalue weighted by atomic mass is 16.4. The molecule has 0 bridgehead atoms. The van der Waals surface area contributed by atoms with E-state index in [1.165, 1.54) is 12.3 Å². The first kappa shape index (κ1) is 9.03. The second kappa shape index (κ2) is 2.88. The van der Waals surface area contributed by atoms with Crippen molar-refractivity contribution < 1.29 is 13.9 Å². The van der Waals surface area contributed by atoms with Gasteiger partial charge in [0.05, 0.1) is 5.39 Å². The summed E-state index contributed by atoms with van der Waals surface area (Å²) in [5.74, 6) is 0.0891. The van der Waals surface area contributed by atoms with E-state index in [1.54, 1.807) is 19.1 Å². The Morgan fingerprint density at radius 2 is 2.06 bits per heavy atom. The molecule has 0 amide bonds. The molecule has 0 aliphatic heterocycles. The molecule has 4 nitrogen and oxygen atoms in total. The van der Waals surface area contributed by atoms with E-state index in [1.807, 2.05) is 0 Å². The van der Waals surface area contributed by atoms with Gasteiger partial charge in [-0.1, -0.05) is 0 Å². The van der Waals surface area contributed by atoms with E-state index in [0.717, 1.165) is 5.39 Å². The van der Waals surface area contributed by atoms with Crippen molar-refractivity contribution in [2.45, 2.75) is 6.92 Å². The van der Waals surface area contributed by atoms with Gasteiger partial charge in [0.2, 0.25) is 0 Å². The lowest BCUT2D eigenvalue weighted by molar-refractivity contribution is 0.464. The lowest BCUT2D eigenvalue weighted by atomic mass is 10.1. The summed E-state index contributed by atoms with van der Waals surface area (Å²) in [6.45, 7) is 1.79. The smallest absolute Gasteiger partial charge is 0.336 e. The molecule has 2 heterocycles. The molecule has 80 valence electrons. The number of aromatic hydroxyl groups is 1. The minimum absolute atomic E-state index is 0.0891. The van der Waals surface area contributed by atoms with Crippen LogP contribution in [0.25, 0.3) is 21.9 Å². The summed E-state index contributed by atoms with van der Waals surface area (Å²) in [6, 6.07) is 4.75. The second-order valence-corrected chi connectivity index (χ2v) is 3.67. The Hall–Kier alpha value is -2.23. The van der Waals surface area contributed by atoms with E-state index in [4.69, 9.17) is 8.83 Å². The van der Waals surface area contributed by atoms with Crippen LogP contribution in [0.1, 0.15) is 5.56 Å². The highest BCUT2D eigenvalue weighted by Gasteiger charge is 2.12. The minimum atomic E-state index is -0.397. The van der Waals surface area contributed by atoms with Crippen molar-refractivity contribution in [2.24, 2.45) is 0 Å². The third-order valence-electron chi connectivity index (χ3n) is 2.65. The van der Waals surface area contributed by atoms with Gasteiger partial charge >= 0.3 is 5.63 Å². The topological polar surface area (TPSA) is 63.6 Å². The molecule has 4 heteroatoms. The molecule has 0 unspecified atom stereocenters. The Morgan fingerprint density at radius 1 is 1.25 bits per heavy atom. The summed E-state index contributed by atoms with van der Waals surface area (Å²) in [7, 11) is 0. The van der Waals surface area contributed by atoms with Crippen LogP contribution in [-0.4, -0.2) is 5.11 Å². The summed E-state index contributed by atoms with van der Waals surface area (Å²) in [4.78, 5) is 11.1. The van der Waals surface area contributed by atoms with Gasteiger partial charge in [-0.25, -0.2) is 4.79 Å². The Morgan fingerprint density at radius 3 is 2.88 bits per heavy atom. The molecular formula is C12H8O4. The molecule has 16 heavy (non-hydrogen) atoms. The second-order valence-electron chi connectivity index (χ2n) is 3.67. The van der Waals surface area contributed by atoms with Gasteiger partial charge in [-0.3, -0.25) is 0 Å². The summed E-state index contributed by atoms with van der Waals surface area (Å²) in [5.41, 5.74) is 1.35. The van der Waals surface area contributed by atoms with Crippen LogP contribution < -0.4 is 5.63 Å². The van der Waals surface area contributed by atoms with Gasteiger partial charge in [0, 0.05) is 17.0 Å². The normalized spacial score (nSPS) is 11.3. The van der Waals surface area contributed by atoms with Crippen molar-refractivity contribution in [1.29, 1.82) is 0 Å². The van der Waals surface area contributed by atoms with E-state index in [9.17, 15) is 9.90 Å². The molecule has 3 aromatic rings. The standard InChI is InChI=1S/C12H8O4/c1-6-11-7(2-3-10(14)16-11)4-8-9(13)5-15-12(6)8/h2-5,13H,1H3. The molecular weight excluding hydrogens is 208 g/mol. The summed E-state index contributed by atoms with van der Waals surface area (Å²) in [6.07, 6.45) is 1.27. The zero-order chi connectivity index (χ0) is 11.3. The molecule has 0 radical (unpaired) electrons. The zero-order valence-electron chi connectivity index (χ0n) is 8.48. The van der Waals surface area contributed by atoms with Crippen molar-refractivity contribution in [3.63, 3.8) is 0 Å². The zero-order valence-corrected chi connectivity index (χ0v) is 8.48. The van der Waals surface area contributed by atoms with Crippen LogP contribution in [-0.2, 0) is 0 Å². The summed E-state index contributed by atoms with van der Waals surface area (Å²) < 4.78 is 10.3. The predicted octanol–water partition coefficient (Wildman–Crippen LogP) is 2.55. The van der Waals surface area contributed by atoms with Crippen LogP contribution in [0.4, 0.5) is 0 Å². The van der Waals surface area contributed by atoms with E-state index >= 15 is 0 Å². The number of rotatable bonds is 0. The van der Waals surface area contributed by atoms with E-state index < -0.39 is 5.63 Å². The molecule has 0 atom stereocenters. The summed E-state index contributed by atoms with van der Waals surface area (Å²) >= 11 is 0. The van der Waals surface area contributed by atoms with Crippen molar-refractivity contribution >= 4 is 21.9 Å². The van der Waals surface area contributed by atoms with E-state index in [0.29, 0.717) is 22.1 Å². The molecule has 2 aromatic heterocycles. The Labute approximate surface area is 89.7 Å². The van der Waals surface area contributed by atoms with Gasteiger partial charge < -0.3 is 13.9 Å². The maximum atomic E-state index is 11.1. The fraction of sp³-hybridized carbons (Fsp3) is 0.0833. The molecule has 0 spiro atoms. The Balaban J connectivity index is 2.62. The number of hydrogen-bond acceptors (Lipinski definition) is 4. The summed E-state index contributed by atoms with van der Waals surface area (Å²) in [5, 5.41) is 11.0. The van der Waals surface area contributed by atoms with Crippen LogP contribution in [0.2, 0.25) is 0 Å². The molecule has 1 N–H and O–H groups in total. The third kappa shape index (κ3) is 1.07. The first-order valence-corrected chi connectivity index (χ1v) is 4.80. The highest BCUT2D eigenvalue weighted by molar-refractivity contribution is 5.99. The molecule has 3 rings (SSSR count). The van der Waals surface area contributed by atoms with E-state index in [-0.39, 0.29) is 5.75 Å². The monoisotopic (exact) mass is 216 g/mol. The number of benzene rings is 1. The number of furan rings is 1. The average molecular weight is 216 g/mol. The average Bonchev–Trinajstić information content (AvgIpc) is 2.63. The van der Waals surface area contributed by atoms with E-state index in [2.05, 4.69) is 0 Å². The maximum Gasteiger partial charge on any atom is 0.336 e. The van der Waals surface area contributed by atoms with Gasteiger partial charge in [-0.2, -0.15) is 0 Å². The maximum absolute atomic E-state index is 11.1. The highest BCUT2D eigenvalue weighted by Crippen LogP contribution is 2.33. The van der Waals surface area contributed by atoms with Crippen molar-refractivity contribution in [3.8, 4) is 5.75 Å². The van der Waals surface area contributed by atoms with Gasteiger partial charge in [-0.05, 0) is 19.1 Å². The van der Waals surface area contributed by atoms with Crippen LogP contribution in [0.3, 0.4) is 0 Å². The van der Waals surface area contributed by atoms with Crippen LogP contribution in [0.15, 0.2) is 38.1 Å². The largest absolute Gasteiger partial charge is 0.504 e. The van der Waals surface area contributed by atoms with Crippen LogP contribution in [0, 0.1) is 6.92 Å². The van der Waals surface area contributed by atoms with Gasteiger partial charge in [-0.15, -0.1) is 0 Å². The molecule has 0 aliphatic carbocycles. The SMILES string of the molecule is Cc1c2oc(=O)ccc2cc2c(O)coc12. The Kier molecular flexibility index (Phi) is 1.63. The molecule has 0 fully saturated rings. The fourth-order valence-electron chi connectivity index (χ4n) is 1.88. The number of aryl methyl sites for hydroxylation is 1. The third-order valence-corrected chi connectivity index (χ3v) is 2.65. The van der Waals surface area contributed by atoms with Crippen LogP contribution >= 0.6 is 0 Å². The fourth-order valence-corrected chi connectivity index (χ4v) is 1.88. The number of hydrogen-bond donors (Lipinski definition) is 1. The predicted molar refractivity (Wildman–Crippen MR) is 58.7 cm³/mol. The minimum Gasteiger partial charge on any atom is -0.504 e.